The Bertz CT molecular complexity index is 562. The standard InChI is InChI=1S/C18H23NO3/c1-12-5-6-16(18(21)22)11-19(12)17(20)15-9-7-14(8-10-15)13-3-2-4-13/h7-10,12-13,16H,2-6,11H2,1H3,(H,21,22). The number of rotatable bonds is 3. The zero-order valence-electron chi connectivity index (χ0n) is 13.0. The van der Waals surface area contributed by atoms with Crippen molar-refractivity contribution in [2.75, 3.05) is 6.54 Å². The van der Waals surface area contributed by atoms with E-state index in [-0.39, 0.29) is 11.9 Å². The third kappa shape index (κ3) is 2.87. The summed E-state index contributed by atoms with van der Waals surface area (Å²) in [6, 6.07) is 8.01. The predicted octanol–water partition coefficient (Wildman–Crippen LogP) is 3.28. The molecule has 22 heavy (non-hydrogen) atoms. The lowest BCUT2D eigenvalue weighted by Gasteiger charge is -2.36. The average Bonchev–Trinajstić information content (AvgIpc) is 2.46. The van der Waals surface area contributed by atoms with Gasteiger partial charge in [0.2, 0.25) is 0 Å². The number of likely N-dealkylation sites (tertiary alicyclic amines) is 1. The molecule has 1 saturated heterocycles. The van der Waals surface area contributed by atoms with E-state index in [4.69, 9.17) is 0 Å². The highest BCUT2D eigenvalue weighted by atomic mass is 16.4. The van der Waals surface area contributed by atoms with Crippen LogP contribution in [0.3, 0.4) is 0 Å². The number of carboxylic acid groups (broad SMARTS) is 1. The molecule has 1 saturated carbocycles. The van der Waals surface area contributed by atoms with Gasteiger partial charge in [0, 0.05) is 18.2 Å². The molecule has 2 aliphatic rings. The Labute approximate surface area is 131 Å². The minimum Gasteiger partial charge on any atom is -0.481 e. The number of amides is 1. The number of benzene rings is 1. The normalized spacial score (nSPS) is 25.6. The molecule has 1 N–H and O–H groups in total. The fourth-order valence-corrected chi connectivity index (χ4v) is 3.40. The van der Waals surface area contributed by atoms with Crippen molar-refractivity contribution in [3.05, 3.63) is 35.4 Å². The first-order chi connectivity index (χ1) is 10.6. The molecule has 1 heterocycles. The van der Waals surface area contributed by atoms with Crippen molar-refractivity contribution in [3.63, 3.8) is 0 Å². The lowest BCUT2D eigenvalue weighted by atomic mass is 9.80. The zero-order chi connectivity index (χ0) is 15.7. The van der Waals surface area contributed by atoms with Crippen LogP contribution in [0.1, 0.15) is 60.9 Å². The van der Waals surface area contributed by atoms with Crippen molar-refractivity contribution >= 4 is 11.9 Å². The quantitative estimate of drug-likeness (QED) is 0.932. The minimum atomic E-state index is -0.801. The molecule has 2 atom stereocenters. The summed E-state index contributed by atoms with van der Waals surface area (Å²) in [5.74, 6) is -0.618. The van der Waals surface area contributed by atoms with Crippen LogP contribution in [-0.4, -0.2) is 34.5 Å². The van der Waals surface area contributed by atoms with E-state index in [9.17, 15) is 14.7 Å². The number of carboxylic acids is 1. The lowest BCUT2D eigenvalue weighted by molar-refractivity contribution is -0.143. The van der Waals surface area contributed by atoms with Crippen LogP contribution in [0.2, 0.25) is 0 Å². The number of hydrogen-bond acceptors (Lipinski definition) is 2. The third-order valence-electron chi connectivity index (χ3n) is 5.23. The Balaban J connectivity index is 1.72. The molecule has 0 aromatic heterocycles. The summed E-state index contributed by atoms with van der Waals surface area (Å²) in [7, 11) is 0. The van der Waals surface area contributed by atoms with E-state index in [2.05, 4.69) is 12.1 Å². The highest BCUT2D eigenvalue weighted by Crippen LogP contribution is 2.36. The molecule has 1 aliphatic heterocycles. The van der Waals surface area contributed by atoms with Crippen molar-refractivity contribution < 1.29 is 14.7 Å². The number of carbonyl (C=O) groups is 2. The number of nitrogens with zero attached hydrogens (tertiary/aromatic N) is 1. The van der Waals surface area contributed by atoms with Gasteiger partial charge in [0.1, 0.15) is 0 Å². The topological polar surface area (TPSA) is 57.6 Å². The van der Waals surface area contributed by atoms with Crippen molar-refractivity contribution in [1.29, 1.82) is 0 Å². The molecule has 1 aromatic carbocycles. The highest BCUT2D eigenvalue weighted by molar-refractivity contribution is 5.94. The molecule has 2 fully saturated rings. The molecule has 1 amide bonds. The first-order valence-electron chi connectivity index (χ1n) is 8.20. The Morgan fingerprint density at radius 2 is 1.77 bits per heavy atom. The van der Waals surface area contributed by atoms with Crippen LogP contribution in [-0.2, 0) is 4.79 Å². The van der Waals surface area contributed by atoms with Crippen LogP contribution in [0.4, 0.5) is 0 Å². The number of aliphatic carboxylic acids is 1. The van der Waals surface area contributed by atoms with Crippen LogP contribution in [0.5, 0.6) is 0 Å². The van der Waals surface area contributed by atoms with Crippen LogP contribution in [0.25, 0.3) is 0 Å². The van der Waals surface area contributed by atoms with Gasteiger partial charge in [-0.05, 0) is 56.2 Å². The van der Waals surface area contributed by atoms with Gasteiger partial charge in [0.25, 0.3) is 5.91 Å². The second-order valence-electron chi connectivity index (χ2n) is 6.67. The van der Waals surface area contributed by atoms with Crippen molar-refractivity contribution in [1.82, 2.24) is 4.90 Å². The molecule has 2 unspecified atom stereocenters. The zero-order valence-corrected chi connectivity index (χ0v) is 13.0. The summed E-state index contributed by atoms with van der Waals surface area (Å²) in [5, 5.41) is 9.19. The smallest absolute Gasteiger partial charge is 0.308 e. The maximum Gasteiger partial charge on any atom is 0.308 e. The fraction of sp³-hybridized carbons (Fsp3) is 0.556. The first-order valence-corrected chi connectivity index (χ1v) is 8.20. The van der Waals surface area contributed by atoms with Gasteiger partial charge in [-0.15, -0.1) is 0 Å². The van der Waals surface area contributed by atoms with E-state index in [1.54, 1.807) is 4.90 Å². The highest BCUT2D eigenvalue weighted by Gasteiger charge is 2.33. The summed E-state index contributed by atoms with van der Waals surface area (Å²) in [6.45, 7) is 2.32. The van der Waals surface area contributed by atoms with Crippen LogP contribution in [0, 0.1) is 5.92 Å². The Kier molecular flexibility index (Phi) is 4.19. The molecule has 3 rings (SSSR count). The summed E-state index contributed by atoms with van der Waals surface area (Å²) in [5.41, 5.74) is 1.99. The molecule has 0 radical (unpaired) electrons. The minimum absolute atomic E-state index is 0.0430. The Morgan fingerprint density at radius 1 is 1.09 bits per heavy atom. The summed E-state index contributed by atoms with van der Waals surface area (Å²) in [4.78, 5) is 25.6. The van der Waals surface area contributed by atoms with E-state index in [0.717, 1.165) is 6.42 Å². The lowest BCUT2D eigenvalue weighted by Crippen LogP contribution is -2.47. The molecular weight excluding hydrogens is 278 g/mol. The van der Waals surface area contributed by atoms with Gasteiger partial charge in [-0.1, -0.05) is 18.6 Å². The molecule has 118 valence electrons. The molecule has 1 aliphatic carbocycles. The molecule has 0 spiro atoms. The second kappa shape index (κ2) is 6.11. The van der Waals surface area contributed by atoms with Gasteiger partial charge in [0.15, 0.2) is 0 Å². The van der Waals surface area contributed by atoms with E-state index in [0.29, 0.717) is 24.4 Å². The van der Waals surface area contributed by atoms with E-state index >= 15 is 0 Å². The fourth-order valence-electron chi connectivity index (χ4n) is 3.40. The summed E-state index contributed by atoms with van der Waals surface area (Å²) >= 11 is 0. The first kappa shape index (κ1) is 15.1. The molecular formula is C18H23NO3. The van der Waals surface area contributed by atoms with Crippen LogP contribution < -0.4 is 0 Å². The summed E-state index contributed by atoms with van der Waals surface area (Å²) < 4.78 is 0. The Morgan fingerprint density at radius 3 is 2.32 bits per heavy atom. The van der Waals surface area contributed by atoms with Gasteiger partial charge in [-0.25, -0.2) is 0 Å². The summed E-state index contributed by atoms with van der Waals surface area (Å²) in [6.07, 6.45) is 5.20. The SMILES string of the molecule is CC1CCC(C(=O)O)CN1C(=O)c1ccc(C2CCC2)cc1. The largest absolute Gasteiger partial charge is 0.481 e. The number of carbonyl (C=O) groups excluding carboxylic acids is 1. The van der Waals surface area contributed by atoms with Crippen LogP contribution in [0.15, 0.2) is 24.3 Å². The molecule has 4 heteroatoms. The third-order valence-corrected chi connectivity index (χ3v) is 5.23. The van der Waals surface area contributed by atoms with Gasteiger partial charge >= 0.3 is 5.97 Å². The van der Waals surface area contributed by atoms with Gasteiger partial charge in [-0.3, -0.25) is 9.59 Å². The maximum absolute atomic E-state index is 12.7. The van der Waals surface area contributed by atoms with E-state index in [1.165, 1.54) is 24.8 Å². The second-order valence-corrected chi connectivity index (χ2v) is 6.67. The molecule has 4 nitrogen and oxygen atoms in total. The van der Waals surface area contributed by atoms with Gasteiger partial charge in [-0.2, -0.15) is 0 Å². The molecule has 0 bridgehead atoms. The number of hydrogen-bond donors (Lipinski definition) is 1. The van der Waals surface area contributed by atoms with Crippen molar-refractivity contribution in [3.8, 4) is 0 Å². The Hall–Kier alpha value is -1.84. The van der Waals surface area contributed by atoms with Crippen molar-refractivity contribution in [2.24, 2.45) is 5.92 Å². The monoisotopic (exact) mass is 301 g/mol. The van der Waals surface area contributed by atoms with Crippen LogP contribution >= 0.6 is 0 Å². The molecule has 1 aromatic rings. The van der Waals surface area contributed by atoms with Gasteiger partial charge in [0.05, 0.1) is 5.92 Å². The van der Waals surface area contributed by atoms with Crippen molar-refractivity contribution in [2.45, 2.75) is 51.0 Å². The maximum atomic E-state index is 12.7. The van der Waals surface area contributed by atoms with Gasteiger partial charge < -0.3 is 10.0 Å². The average molecular weight is 301 g/mol. The van der Waals surface area contributed by atoms with E-state index in [1.807, 2.05) is 19.1 Å². The van der Waals surface area contributed by atoms with E-state index < -0.39 is 11.9 Å². The predicted molar refractivity (Wildman–Crippen MR) is 83.9 cm³/mol. The number of piperidine rings is 1.